The summed E-state index contributed by atoms with van der Waals surface area (Å²) in [5.74, 6) is 0. The van der Waals surface area contributed by atoms with Crippen molar-refractivity contribution in [2.75, 3.05) is 19.8 Å². The molecule has 1 unspecified atom stereocenters. The Morgan fingerprint density at radius 2 is 2.00 bits per heavy atom. The van der Waals surface area contributed by atoms with Crippen LogP contribution in [0.4, 0.5) is 0 Å². The van der Waals surface area contributed by atoms with Gasteiger partial charge in [-0.25, -0.2) is 0 Å². The molecule has 0 aromatic heterocycles. The summed E-state index contributed by atoms with van der Waals surface area (Å²) in [6.45, 7) is 1.93. The molecule has 0 fully saturated rings. The first-order chi connectivity index (χ1) is 10.8. The van der Waals surface area contributed by atoms with E-state index < -0.39 is 0 Å². The standard InChI is InChI=1S/C19H23ClO2/c20-13-7-14-21-15-8-16-22-19(11-5-2-6-12-19)17-18-9-3-1-4-10-18/h1-7,9-11,13H,8,12,14-17H2. The zero-order valence-electron chi connectivity index (χ0n) is 12.8. The van der Waals surface area contributed by atoms with Crippen LogP contribution in [0.1, 0.15) is 18.4 Å². The Morgan fingerprint density at radius 1 is 1.14 bits per heavy atom. The van der Waals surface area contributed by atoms with Gasteiger partial charge in [-0.3, -0.25) is 0 Å². The average molecular weight is 319 g/mol. The highest BCUT2D eigenvalue weighted by Gasteiger charge is 2.28. The summed E-state index contributed by atoms with van der Waals surface area (Å²) < 4.78 is 11.7. The lowest BCUT2D eigenvalue weighted by molar-refractivity contribution is -0.0161. The Kier molecular flexibility index (Phi) is 7.44. The summed E-state index contributed by atoms with van der Waals surface area (Å²) in [7, 11) is 0. The van der Waals surface area contributed by atoms with E-state index in [-0.39, 0.29) is 5.60 Å². The van der Waals surface area contributed by atoms with Gasteiger partial charge in [0.15, 0.2) is 0 Å². The number of allylic oxidation sites excluding steroid dienone is 2. The topological polar surface area (TPSA) is 18.5 Å². The van der Waals surface area contributed by atoms with Crippen molar-refractivity contribution in [3.63, 3.8) is 0 Å². The lowest BCUT2D eigenvalue weighted by Gasteiger charge is -2.32. The van der Waals surface area contributed by atoms with Crippen molar-refractivity contribution in [2.24, 2.45) is 0 Å². The van der Waals surface area contributed by atoms with Crippen molar-refractivity contribution in [3.05, 3.63) is 71.8 Å². The molecule has 0 aliphatic heterocycles. The molecule has 3 heteroatoms. The number of halogens is 1. The molecule has 0 radical (unpaired) electrons. The Labute approximate surface area is 138 Å². The Hall–Kier alpha value is -1.35. The summed E-state index contributed by atoms with van der Waals surface area (Å²) in [6.07, 6.45) is 13.0. The summed E-state index contributed by atoms with van der Waals surface area (Å²) in [6, 6.07) is 10.5. The first-order valence-electron chi connectivity index (χ1n) is 7.70. The first-order valence-corrected chi connectivity index (χ1v) is 8.13. The third kappa shape index (κ3) is 5.80. The van der Waals surface area contributed by atoms with Gasteiger partial charge in [0.05, 0.1) is 12.2 Å². The molecule has 0 bridgehead atoms. The van der Waals surface area contributed by atoms with Crippen molar-refractivity contribution >= 4 is 11.6 Å². The van der Waals surface area contributed by atoms with Crippen LogP contribution < -0.4 is 0 Å². The van der Waals surface area contributed by atoms with E-state index >= 15 is 0 Å². The van der Waals surface area contributed by atoms with Crippen molar-refractivity contribution in [3.8, 4) is 0 Å². The maximum absolute atomic E-state index is 6.22. The molecule has 22 heavy (non-hydrogen) atoms. The van der Waals surface area contributed by atoms with Crippen LogP contribution in [0.5, 0.6) is 0 Å². The van der Waals surface area contributed by atoms with Crippen molar-refractivity contribution in [2.45, 2.75) is 24.9 Å². The predicted octanol–water partition coefficient (Wildman–Crippen LogP) is 4.66. The molecule has 0 saturated heterocycles. The molecule has 1 aromatic carbocycles. The maximum atomic E-state index is 6.22. The molecule has 0 heterocycles. The van der Waals surface area contributed by atoms with E-state index in [0.717, 1.165) is 19.3 Å². The van der Waals surface area contributed by atoms with Gasteiger partial charge < -0.3 is 9.47 Å². The second-order valence-electron chi connectivity index (χ2n) is 5.36. The second-order valence-corrected chi connectivity index (χ2v) is 5.61. The molecule has 2 nitrogen and oxygen atoms in total. The molecule has 0 amide bonds. The monoisotopic (exact) mass is 318 g/mol. The Morgan fingerprint density at radius 3 is 2.73 bits per heavy atom. The fourth-order valence-corrected chi connectivity index (χ4v) is 2.57. The second kappa shape index (κ2) is 9.62. The van der Waals surface area contributed by atoms with Gasteiger partial charge in [0.1, 0.15) is 0 Å². The van der Waals surface area contributed by atoms with E-state index in [1.807, 2.05) is 6.07 Å². The molecule has 118 valence electrons. The smallest absolute Gasteiger partial charge is 0.0939 e. The van der Waals surface area contributed by atoms with E-state index in [4.69, 9.17) is 21.1 Å². The van der Waals surface area contributed by atoms with Gasteiger partial charge in [0.2, 0.25) is 0 Å². The molecule has 1 aliphatic carbocycles. The average Bonchev–Trinajstić information content (AvgIpc) is 2.56. The summed E-state index contributed by atoms with van der Waals surface area (Å²) in [5, 5.41) is 0. The number of hydrogen-bond donors (Lipinski definition) is 0. The van der Waals surface area contributed by atoms with Gasteiger partial charge in [-0.05, 0) is 24.5 Å². The zero-order chi connectivity index (χ0) is 15.5. The highest BCUT2D eigenvalue weighted by atomic mass is 35.5. The van der Waals surface area contributed by atoms with Crippen LogP contribution in [0.2, 0.25) is 0 Å². The number of hydrogen-bond acceptors (Lipinski definition) is 2. The molecule has 0 N–H and O–H groups in total. The minimum Gasteiger partial charge on any atom is -0.377 e. The molecule has 1 aromatic rings. The van der Waals surface area contributed by atoms with Crippen LogP contribution in [0, 0.1) is 0 Å². The highest BCUT2D eigenvalue weighted by Crippen LogP contribution is 2.27. The fourth-order valence-electron chi connectivity index (χ4n) is 2.50. The largest absolute Gasteiger partial charge is 0.377 e. The SMILES string of the molecule is ClC=CCOCCCOC1(Cc2ccccc2)C=CC=CC1. The quantitative estimate of drug-likeness (QED) is 0.616. The summed E-state index contributed by atoms with van der Waals surface area (Å²) in [5.41, 5.74) is 2.54. The highest BCUT2D eigenvalue weighted by molar-refractivity contribution is 6.25. The number of rotatable bonds is 9. The van der Waals surface area contributed by atoms with Gasteiger partial charge in [-0.15, -0.1) is 0 Å². The Bertz CT molecular complexity index is 507. The van der Waals surface area contributed by atoms with E-state index in [0.29, 0.717) is 19.8 Å². The van der Waals surface area contributed by atoms with Crippen molar-refractivity contribution in [1.82, 2.24) is 0 Å². The first kappa shape index (κ1) is 17.0. The molecule has 0 spiro atoms. The molecular formula is C19H23ClO2. The third-order valence-corrected chi connectivity index (χ3v) is 3.76. The minimum atomic E-state index is -0.230. The van der Waals surface area contributed by atoms with Crippen molar-refractivity contribution < 1.29 is 9.47 Å². The van der Waals surface area contributed by atoms with Gasteiger partial charge in [0.25, 0.3) is 0 Å². The van der Waals surface area contributed by atoms with Crippen LogP contribution >= 0.6 is 11.6 Å². The molecule has 2 rings (SSSR count). The lowest BCUT2D eigenvalue weighted by atomic mass is 9.88. The van der Waals surface area contributed by atoms with Crippen LogP contribution in [0.25, 0.3) is 0 Å². The lowest BCUT2D eigenvalue weighted by Crippen LogP contribution is -2.34. The van der Waals surface area contributed by atoms with Crippen molar-refractivity contribution in [1.29, 1.82) is 0 Å². The summed E-state index contributed by atoms with van der Waals surface area (Å²) >= 11 is 5.44. The van der Waals surface area contributed by atoms with Gasteiger partial charge in [0, 0.05) is 25.2 Å². The van der Waals surface area contributed by atoms with E-state index in [9.17, 15) is 0 Å². The van der Waals surface area contributed by atoms with Gasteiger partial charge in [-0.1, -0.05) is 66.2 Å². The Balaban J connectivity index is 1.82. The van der Waals surface area contributed by atoms with E-state index in [1.165, 1.54) is 11.1 Å². The van der Waals surface area contributed by atoms with Gasteiger partial charge >= 0.3 is 0 Å². The van der Waals surface area contributed by atoms with Crippen LogP contribution in [0.15, 0.2) is 66.2 Å². The van der Waals surface area contributed by atoms with Crippen LogP contribution in [-0.2, 0) is 15.9 Å². The summed E-state index contributed by atoms with van der Waals surface area (Å²) in [4.78, 5) is 0. The van der Waals surface area contributed by atoms with Gasteiger partial charge in [-0.2, -0.15) is 0 Å². The van der Waals surface area contributed by atoms with Crippen LogP contribution in [0.3, 0.4) is 0 Å². The molecule has 1 aliphatic rings. The van der Waals surface area contributed by atoms with E-state index in [1.54, 1.807) is 6.08 Å². The number of ether oxygens (including phenoxy) is 2. The molecule has 0 saturated carbocycles. The maximum Gasteiger partial charge on any atom is 0.0939 e. The zero-order valence-corrected chi connectivity index (χ0v) is 13.5. The van der Waals surface area contributed by atoms with E-state index in [2.05, 4.69) is 48.6 Å². The van der Waals surface area contributed by atoms with Crippen LogP contribution in [-0.4, -0.2) is 25.4 Å². The fraction of sp³-hybridized carbons (Fsp3) is 0.368. The third-order valence-electron chi connectivity index (χ3n) is 3.58. The normalized spacial score (nSPS) is 20.8. The molecule has 1 atom stereocenters. The minimum absolute atomic E-state index is 0.230. The molecular weight excluding hydrogens is 296 g/mol. The number of benzene rings is 1. The predicted molar refractivity (Wildman–Crippen MR) is 92.2 cm³/mol.